The lowest BCUT2D eigenvalue weighted by molar-refractivity contribution is -0.140. The molecule has 0 spiro atoms. The molecule has 0 saturated carbocycles. The second-order valence-corrected chi connectivity index (χ2v) is 6.87. The van der Waals surface area contributed by atoms with E-state index in [1.807, 2.05) is 6.07 Å². The summed E-state index contributed by atoms with van der Waals surface area (Å²) in [5.74, 6) is -1.48. The molecule has 2 aromatic carbocycles. The Hall–Kier alpha value is -3.30. The van der Waals surface area contributed by atoms with Crippen molar-refractivity contribution >= 4 is 23.3 Å². The first-order valence-corrected chi connectivity index (χ1v) is 9.21. The van der Waals surface area contributed by atoms with Crippen LogP contribution in [0.15, 0.2) is 36.4 Å². The summed E-state index contributed by atoms with van der Waals surface area (Å²) in [5.41, 5.74) is 6.31. The Bertz CT molecular complexity index is 962. The number of rotatable bonds is 5. The number of hydrogen-bond donors (Lipinski definition) is 3. The van der Waals surface area contributed by atoms with E-state index >= 15 is 0 Å². The van der Waals surface area contributed by atoms with Crippen molar-refractivity contribution in [3.63, 3.8) is 0 Å². The van der Waals surface area contributed by atoms with Crippen LogP contribution in [0.25, 0.3) is 0 Å². The Balaban J connectivity index is 1.71. The van der Waals surface area contributed by atoms with Crippen molar-refractivity contribution in [2.75, 3.05) is 18.4 Å². The lowest BCUT2D eigenvalue weighted by atomic mass is 9.97. The number of fused-ring (bicyclic) bond motifs is 1. The molecule has 0 aliphatic carbocycles. The van der Waals surface area contributed by atoms with Gasteiger partial charge in [-0.05, 0) is 41.8 Å². The van der Waals surface area contributed by atoms with Gasteiger partial charge in [0, 0.05) is 37.4 Å². The van der Waals surface area contributed by atoms with E-state index in [0.717, 1.165) is 17.2 Å². The van der Waals surface area contributed by atoms with Gasteiger partial charge in [0.2, 0.25) is 5.91 Å². The maximum Gasteiger partial charge on any atom is 0.419 e. The van der Waals surface area contributed by atoms with Gasteiger partial charge >= 0.3 is 12.2 Å². The second-order valence-electron chi connectivity index (χ2n) is 6.87. The van der Waals surface area contributed by atoms with Crippen LogP contribution in [0.3, 0.4) is 0 Å². The number of nitrogens with zero attached hydrogens (tertiary/aromatic N) is 1. The Morgan fingerprint density at radius 3 is 2.60 bits per heavy atom. The Morgan fingerprint density at radius 2 is 1.93 bits per heavy atom. The van der Waals surface area contributed by atoms with Gasteiger partial charge in [0.25, 0.3) is 0 Å². The zero-order valence-corrected chi connectivity index (χ0v) is 15.9. The van der Waals surface area contributed by atoms with Gasteiger partial charge in [-0.2, -0.15) is 13.2 Å². The SMILES string of the molecule is NC(=O)NCCC(=O)N1CCc2c(cccc2Nc2ccc(C(F)(F)F)c(F)c2)C1. The zero-order chi connectivity index (χ0) is 21.9. The summed E-state index contributed by atoms with van der Waals surface area (Å²) in [4.78, 5) is 24.7. The molecule has 0 atom stereocenters. The number of hydrogen-bond acceptors (Lipinski definition) is 3. The molecular weight excluding hydrogens is 404 g/mol. The van der Waals surface area contributed by atoms with Crippen molar-refractivity contribution in [3.8, 4) is 0 Å². The number of nitrogens with one attached hydrogen (secondary N) is 2. The zero-order valence-electron chi connectivity index (χ0n) is 15.9. The van der Waals surface area contributed by atoms with Crippen molar-refractivity contribution in [1.82, 2.24) is 10.2 Å². The van der Waals surface area contributed by atoms with Crippen LogP contribution in [-0.4, -0.2) is 29.9 Å². The average Bonchev–Trinajstić information content (AvgIpc) is 2.66. The van der Waals surface area contributed by atoms with E-state index in [0.29, 0.717) is 31.3 Å². The molecule has 0 saturated heterocycles. The molecule has 1 aliphatic heterocycles. The van der Waals surface area contributed by atoms with E-state index < -0.39 is 23.6 Å². The van der Waals surface area contributed by atoms with Gasteiger partial charge in [0.1, 0.15) is 5.82 Å². The van der Waals surface area contributed by atoms with Gasteiger partial charge < -0.3 is 21.3 Å². The van der Waals surface area contributed by atoms with Gasteiger partial charge in [0.05, 0.1) is 5.56 Å². The van der Waals surface area contributed by atoms with Crippen molar-refractivity contribution in [2.45, 2.75) is 25.6 Å². The highest BCUT2D eigenvalue weighted by Gasteiger charge is 2.34. The number of benzene rings is 2. The number of carbonyl (C=O) groups is 2. The molecule has 0 unspecified atom stereocenters. The summed E-state index contributed by atoms with van der Waals surface area (Å²) >= 11 is 0. The maximum absolute atomic E-state index is 13.8. The molecule has 1 aliphatic rings. The molecule has 160 valence electrons. The summed E-state index contributed by atoms with van der Waals surface area (Å²) in [6, 6.07) is 7.36. The summed E-state index contributed by atoms with van der Waals surface area (Å²) in [6.45, 7) is 0.961. The van der Waals surface area contributed by atoms with Crippen LogP contribution in [-0.2, 0) is 23.9 Å². The first-order chi connectivity index (χ1) is 14.1. The van der Waals surface area contributed by atoms with Gasteiger partial charge in [-0.25, -0.2) is 9.18 Å². The molecular formula is C20H20F4N4O2. The van der Waals surface area contributed by atoms with E-state index in [2.05, 4.69) is 10.6 Å². The van der Waals surface area contributed by atoms with Crippen LogP contribution in [0.4, 0.5) is 33.7 Å². The van der Waals surface area contributed by atoms with Crippen molar-refractivity contribution in [1.29, 1.82) is 0 Å². The van der Waals surface area contributed by atoms with Gasteiger partial charge in [-0.3, -0.25) is 4.79 Å². The molecule has 3 amide bonds. The van der Waals surface area contributed by atoms with Crippen LogP contribution in [0, 0.1) is 5.82 Å². The predicted molar refractivity (Wildman–Crippen MR) is 102 cm³/mol. The number of carbonyl (C=O) groups excluding carboxylic acids is 2. The average molecular weight is 424 g/mol. The van der Waals surface area contributed by atoms with Gasteiger partial charge in [0.15, 0.2) is 0 Å². The monoisotopic (exact) mass is 424 g/mol. The fourth-order valence-corrected chi connectivity index (χ4v) is 3.37. The molecule has 6 nitrogen and oxygen atoms in total. The molecule has 4 N–H and O–H groups in total. The summed E-state index contributed by atoms with van der Waals surface area (Å²) < 4.78 is 52.0. The Labute approximate surface area is 170 Å². The lowest BCUT2D eigenvalue weighted by Gasteiger charge is -2.30. The molecule has 10 heteroatoms. The largest absolute Gasteiger partial charge is 0.419 e. The van der Waals surface area contributed by atoms with E-state index in [4.69, 9.17) is 5.73 Å². The topological polar surface area (TPSA) is 87.5 Å². The Kier molecular flexibility index (Phi) is 6.14. The number of nitrogens with two attached hydrogens (primary N) is 1. The fourth-order valence-electron chi connectivity index (χ4n) is 3.37. The number of halogens is 4. The van der Waals surface area contributed by atoms with Crippen molar-refractivity contribution in [3.05, 3.63) is 58.9 Å². The first kappa shape index (κ1) is 21.4. The van der Waals surface area contributed by atoms with Crippen molar-refractivity contribution < 1.29 is 27.2 Å². The molecule has 0 fully saturated rings. The minimum Gasteiger partial charge on any atom is -0.355 e. The summed E-state index contributed by atoms with van der Waals surface area (Å²) in [7, 11) is 0. The maximum atomic E-state index is 13.8. The van der Waals surface area contributed by atoms with Crippen LogP contribution in [0.1, 0.15) is 23.1 Å². The highest BCUT2D eigenvalue weighted by atomic mass is 19.4. The normalized spacial score (nSPS) is 13.5. The van der Waals surface area contributed by atoms with Crippen LogP contribution < -0.4 is 16.4 Å². The minimum absolute atomic E-state index is 0.126. The number of primary amides is 1. The van der Waals surface area contributed by atoms with Crippen LogP contribution >= 0.6 is 0 Å². The highest BCUT2D eigenvalue weighted by Crippen LogP contribution is 2.34. The van der Waals surface area contributed by atoms with Crippen LogP contribution in [0.5, 0.6) is 0 Å². The van der Waals surface area contributed by atoms with E-state index in [-0.39, 0.29) is 24.6 Å². The second kappa shape index (κ2) is 8.60. The third kappa shape index (κ3) is 5.00. The summed E-state index contributed by atoms with van der Waals surface area (Å²) in [5, 5.41) is 5.34. The van der Waals surface area contributed by atoms with E-state index in [9.17, 15) is 27.2 Å². The lowest BCUT2D eigenvalue weighted by Crippen LogP contribution is -2.39. The highest BCUT2D eigenvalue weighted by molar-refractivity contribution is 5.78. The molecule has 0 bridgehead atoms. The number of amides is 3. The van der Waals surface area contributed by atoms with Gasteiger partial charge in [-0.1, -0.05) is 12.1 Å². The molecule has 0 radical (unpaired) electrons. The predicted octanol–water partition coefficient (Wildman–Crippen LogP) is 3.53. The number of anilines is 2. The van der Waals surface area contributed by atoms with E-state index in [1.165, 1.54) is 6.07 Å². The third-order valence-electron chi connectivity index (χ3n) is 4.81. The number of alkyl halides is 3. The molecule has 1 heterocycles. The number of urea groups is 1. The smallest absolute Gasteiger partial charge is 0.355 e. The quantitative estimate of drug-likeness (QED) is 0.642. The fraction of sp³-hybridized carbons (Fsp3) is 0.300. The first-order valence-electron chi connectivity index (χ1n) is 9.21. The molecule has 30 heavy (non-hydrogen) atoms. The van der Waals surface area contributed by atoms with E-state index in [1.54, 1.807) is 17.0 Å². The van der Waals surface area contributed by atoms with Crippen molar-refractivity contribution in [2.24, 2.45) is 5.73 Å². The molecule has 0 aromatic heterocycles. The summed E-state index contributed by atoms with van der Waals surface area (Å²) in [6.07, 6.45) is -4.10. The molecule has 2 aromatic rings. The van der Waals surface area contributed by atoms with Crippen LogP contribution in [0.2, 0.25) is 0 Å². The third-order valence-corrected chi connectivity index (χ3v) is 4.81. The molecule has 3 rings (SSSR count). The minimum atomic E-state index is -4.75. The standard InChI is InChI=1S/C20H20F4N4O2/c21-16-10-13(4-5-15(16)20(22,23)24)27-17-3-1-2-12-11-28(9-7-14(12)17)18(29)6-8-26-19(25)30/h1-5,10,27H,6-9,11H2,(H3,25,26,30). The van der Waals surface area contributed by atoms with Gasteiger partial charge in [-0.15, -0.1) is 0 Å². The Morgan fingerprint density at radius 1 is 1.17 bits per heavy atom.